The monoisotopic (exact) mass is 277 g/mol. The topological polar surface area (TPSA) is 61.0 Å². The summed E-state index contributed by atoms with van der Waals surface area (Å²) in [6, 6.07) is 7.47. The summed E-state index contributed by atoms with van der Waals surface area (Å²) < 4.78 is 5.64. The Kier molecular flexibility index (Phi) is 3.90. The number of hydrogen-bond donors (Lipinski definition) is 1. The van der Waals surface area contributed by atoms with Crippen molar-refractivity contribution in [1.82, 2.24) is 9.97 Å². The number of nitrogens with zero attached hydrogens (tertiary/aromatic N) is 2. The highest BCUT2D eigenvalue weighted by Gasteiger charge is 2.07. The summed E-state index contributed by atoms with van der Waals surface area (Å²) in [6.07, 6.45) is 0. The van der Waals surface area contributed by atoms with E-state index in [4.69, 9.17) is 22.1 Å². The van der Waals surface area contributed by atoms with Crippen LogP contribution in [0, 0.1) is 6.92 Å². The maximum atomic E-state index is 5.80. The number of rotatable bonds is 3. The van der Waals surface area contributed by atoms with Crippen molar-refractivity contribution in [2.45, 2.75) is 26.7 Å². The van der Waals surface area contributed by atoms with E-state index < -0.39 is 0 Å². The predicted molar refractivity (Wildman–Crippen MR) is 76.8 cm³/mol. The van der Waals surface area contributed by atoms with Crippen LogP contribution in [-0.4, -0.2) is 9.97 Å². The lowest BCUT2D eigenvalue weighted by molar-refractivity contribution is 0.462. The van der Waals surface area contributed by atoms with Crippen LogP contribution >= 0.6 is 11.6 Å². The molecule has 0 radical (unpaired) electrons. The number of hydrogen-bond acceptors (Lipinski definition) is 4. The van der Waals surface area contributed by atoms with Gasteiger partial charge in [0.15, 0.2) is 0 Å². The normalized spacial score (nSPS) is 10.8. The second-order valence-corrected chi connectivity index (χ2v) is 5.05. The molecule has 0 saturated heterocycles. The first-order valence-corrected chi connectivity index (χ1v) is 6.42. The Morgan fingerprint density at radius 1 is 1.21 bits per heavy atom. The molecule has 0 unspecified atom stereocenters. The summed E-state index contributed by atoms with van der Waals surface area (Å²) in [6.45, 7) is 6.38. The molecular formula is C14H16ClN3O. The van der Waals surface area contributed by atoms with Crippen LogP contribution in [0.2, 0.25) is 5.15 Å². The van der Waals surface area contributed by atoms with Crippen molar-refractivity contribution in [2.24, 2.45) is 0 Å². The van der Waals surface area contributed by atoms with E-state index in [0.29, 0.717) is 17.5 Å². The van der Waals surface area contributed by atoms with Crippen molar-refractivity contribution < 1.29 is 4.74 Å². The number of nitrogen functional groups attached to an aromatic ring is 1. The van der Waals surface area contributed by atoms with Gasteiger partial charge in [-0.1, -0.05) is 31.5 Å². The zero-order valence-corrected chi connectivity index (χ0v) is 11.9. The van der Waals surface area contributed by atoms with Gasteiger partial charge in [0.1, 0.15) is 10.9 Å². The number of halogens is 1. The van der Waals surface area contributed by atoms with Crippen molar-refractivity contribution in [3.63, 3.8) is 0 Å². The average molecular weight is 278 g/mol. The van der Waals surface area contributed by atoms with Crippen LogP contribution in [-0.2, 0) is 0 Å². The summed E-state index contributed by atoms with van der Waals surface area (Å²) in [5.41, 5.74) is 8.00. The van der Waals surface area contributed by atoms with Gasteiger partial charge < -0.3 is 10.5 Å². The minimum Gasteiger partial charge on any atom is -0.439 e. The Morgan fingerprint density at radius 3 is 2.53 bits per heavy atom. The number of aryl methyl sites for hydroxylation is 1. The standard InChI is InChI=1S/C14H16ClN3O/c1-8(2)11-5-4-10(6-9(11)3)19-13-7-12(15)17-14(16)18-13/h4-8H,1-3H3,(H2,16,17,18). The zero-order chi connectivity index (χ0) is 14.0. The van der Waals surface area contributed by atoms with Crippen LogP contribution in [0.25, 0.3) is 0 Å². The Balaban J connectivity index is 2.26. The maximum absolute atomic E-state index is 5.80. The Morgan fingerprint density at radius 2 is 1.95 bits per heavy atom. The highest BCUT2D eigenvalue weighted by Crippen LogP contribution is 2.27. The third kappa shape index (κ3) is 3.35. The average Bonchev–Trinajstić information content (AvgIpc) is 2.26. The molecule has 0 aliphatic rings. The Labute approximate surface area is 117 Å². The summed E-state index contributed by atoms with van der Waals surface area (Å²) >= 11 is 5.80. The van der Waals surface area contributed by atoms with Gasteiger partial charge in [0.2, 0.25) is 11.8 Å². The van der Waals surface area contributed by atoms with Crippen LogP contribution in [0.1, 0.15) is 30.9 Å². The molecule has 0 atom stereocenters. The van der Waals surface area contributed by atoms with Gasteiger partial charge in [-0.3, -0.25) is 0 Å². The first kappa shape index (κ1) is 13.6. The van der Waals surface area contributed by atoms with E-state index in [1.807, 2.05) is 12.1 Å². The highest BCUT2D eigenvalue weighted by molar-refractivity contribution is 6.29. The van der Waals surface area contributed by atoms with Gasteiger partial charge in [0.25, 0.3) is 0 Å². The summed E-state index contributed by atoms with van der Waals surface area (Å²) in [5, 5.41) is 0.262. The molecule has 2 N–H and O–H groups in total. The molecule has 0 aliphatic heterocycles. The molecule has 5 heteroatoms. The molecular weight excluding hydrogens is 262 g/mol. The lowest BCUT2D eigenvalue weighted by Crippen LogP contribution is -1.98. The fraction of sp³-hybridized carbons (Fsp3) is 0.286. The van der Waals surface area contributed by atoms with Gasteiger partial charge in [-0.05, 0) is 36.1 Å². The second-order valence-electron chi connectivity index (χ2n) is 4.66. The molecule has 4 nitrogen and oxygen atoms in total. The smallest absolute Gasteiger partial charge is 0.225 e. The van der Waals surface area contributed by atoms with Gasteiger partial charge in [0, 0.05) is 6.07 Å². The van der Waals surface area contributed by atoms with Crippen molar-refractivity contribution in [3.05, 3.63) is 40.5 Å². The van der Waals surface area contributed by atoms with Crippen molar-refractivity contribution in [3.8, 4) is 11.6 Å². The molecule has 0 bridgehead atoms. The van der Waals surface area contributed by atoms with E-state index in [1.54, 1.807) is 0 Å². The van der Waals surface area contributed by atoms with Gasteiger partial charge in [0.05, 0.1) is 0 Å². The third-order valence-corrected chi connectivity index (χ3v) is 2.97. The van der Waals surface area contributed by atoms with E-state index in [-0.39, 0.29) is 11.1 Å². The van der Waals surface area contributed by atoms with Crippen LogP contribution in [0.4, 0.5) is 5.95 Å². The van der Waals surface area contributed by atoms with E-state index in [9.17, 15) is 0 Å². The molecule has 0 saturated carbocycles. The number of benzene rings is 1. The minimum atomic E-state index is 0.0954. The van der Waals surface area contributed by atoms with E-state index >= 15 is 0 Å². The van der Waals surface area contributed by atoms with Crippen LogP contribution in [0.5, 0.6) is 11.6 Å². The molecule has 2 aromatic rings. The number of anilines is 1. The molecule has 1 heterocycles. The molecule has 0 aliphatic carbocycles. The fourth-order valence-corrected chi connectivity index (χ4v) is 2.13. The van der Waals surface area contributed by atoms with Gasteiger partial charge >= 0.3 is 0 Å². The summed E-state index contributed by atoms with van der Waals surface area (Å²) in [5.74, 6) is 1.63. The van der Waals surface area contributed by atoms with E-state index in [0.717, 1.165) is 0 Å². The van der Waals surface area contributed by atoms with Gasteiger partial charge in [-0.2, -0.15) is 4.98 Å². The van der Waals surface area contributed by atoms with Crippen LogP contribution in [0.15, 0.2) is 24.3 Å². The molecule has 19 heavy (non-hydrogen) atoms. The Bertz CT molecular complexity index is 579. The zero-order valence-electron chi connectivity index (χ0n) is 11.1. The number of ether oxygens (including phenoxy) is 1. The SMILES string of the molecule is Cc1cc(Oc2cc(Cl)nc(N)n2)ccc1C(C)C. The second kappa shape index (κ2) is 5.45. The van der Waals surface area contributed by atoms with Crippen molar-refractivity contribution in [2.75, 3.05) is 5.73 Å². The largest absolute Gasteiger partial charge is 0.439 e. The fourth-order valence-electron chi connectivity index (χ4n) is 1.95. The quantitative estimate of drug-likeness (QED) is 0.863. The van der Waals surface area contributed by atoms with E-state index in [1.165, 1.54) is 17.2 Å². The first-order valence-electron chi connectivity index (χ1n) is 6.04. The van der Waals surface area contributed by atoms with E-state index in [2.05, 4.69) is 36.8 Å². The molecule has 2 rings (SSSR count). The van der Waals surface area contributed by atoms with Gasteiger partial charge in [-0.25, -0.2) is 4.98 Å². The maximum Gasteiger partial charge on any atom is 0.225 e. The molecule has 1 aromatic carbocycles. The highest BCUT2D eigenvalue weighted by atomic mass is 35.5. The predicted octanol–water partition coefficient (Wildman–Crippen LogP) is 3.94. The molecule has 100 valence electrons. The van der Waals surface area contributed by atoms with Gasteiger partial charge in [-0.15, -0.1) is 0 Å². The molecule has 0 fully saturated rings. The van der Waals surface area contributed by atoms with Crippen LogP contribution in [0.3, 0.4) is 0 Å². The summed E-state index contributed by atoms with van der Waals surface area (Å²) in [4.78, 5) is 7.76. The first-order chi connectivity index (χ1) is 8.95. The molecule has 0 amide bonds. The lowest BCUT2D eigenvalue weighted by Gasteiger charge is -2.12. The van der Waals surface area contributed by atoms with Crippen molar-refractivity contribution in [1.29, 1.82) is 0 Å². The number of aromatic nitrogens is 2. The number of nitrogens with two attached hydrogens (primary N) is 1. The third-order valence-electron chi connectivity index (χ3n) is 2.77. The van der Waals surface area contributed by atoms with Crippen molar-refractivity contribution >= 4 is 17.5 Å². The Hall–Kier alpha value is -1.81. The minimum absolute atomic E-state index is 0.0954. The summed E-state index contributed by atoms with van der Waals surface area (Å²) in [7, 11) is 0. The molecule has 1 aromatic heterocycles. The molecule has 0 spiro atoms. The van der Waals surface area contributed by atoms with Crippen LogP contribution < -0.4 is 10.5 Å². The lowest BCUT2D eigenvalue weighted by atomic mass is 9.98.